The molecule has 1 aliphatic rings. The number of rotatable bonds is 7. The van der Waals surface area contributed by atoms with Crippen molar-refractivity contribution in [2.75, 3.05) is 32.7 Å². The molecule has 0 bridgehead atoms. The highest BCUT2D eigenvalue weighted by Crippen LogP contribution is 2.09. The molecule has 3 heteroatoms. The van der Waals surface area contributed by atoms with E-state index in [0.717, 1.165) is 25.4 Å². The van der Waals surface area contributed by atoms with Crippen LogP contribution in [0.2, 0.25) is 0 Å². The number of Topliss-reactive ketones (excluding diaryl/α,β-unsaturated/α-hetero) is 1. The Balaban J connectivity index is 2.13. The predicted octanol–water partition coefficient (Wildman–Crippen LogP) is 2.16. The van der Waals surface area contributed by atoms with E-state index in [1.807, 2.05) is 6.92 Å². The predicted molar refractivity (Wildman–Crippen MR) is 72.3 cm³/mol. The van der Waals surface area contributed by atoms with Crippen molar-refractivity contribution in [3.8, 4) is 0 Å². The lowest BCUT2D eigenvalue weighted by atomic mass is 10.1. The molecule has 1 fully saturated rings. The molecule has 0 saturated carbocycles. The van der Waals surface area contributed by atoms with Crippen LogP contribution in [-0.2, 0) is 4.79 Å². The Morgan fingerprint density at radius 2 is 1.82 bits per heavy atom. The first kappa shape index (κ1) is 14.7. The Bertz CT molecular complexity index is 222. The zero-order valence-electron chi connectivity index (χ0n) is 11.7. The Kier molecular flexibility index (Phi) is 6.75. The summed E-state index contributed by atoms with van der Waals surface area (Å²) in [5.41, 5.74) is 0. The lowest BCUT2D eigenvalue weighted by molar-refractivity contribution is -0.118. The van der Waals surface area contributed by atoms with Gasteiger partial charge >= 0.3 is 0 Å². The van der Waals surface area contributed by atoms with Gasteiger partial charge in [-0.25, -0.2) is 0 Å². The van der Waals surface area contributed by atoms with Crippen LogP contribution in [0, 0.1) is 0 Å². The summed E-state index contributed by atoms with van der Waals surface area (Å²) in [7, 11) is 0. The zero-order valence-corrected chi connectivity index (χ0v) is 11.7. The van der Waals surface area contributed by atoms with Gasteiger partial charge < -0.3 is 4.90 Å². The monoisotopic (exact) mass is 240 g/mol. The van der Waals surface area contributed by atoms with Crippen LogP contribution in [0.4, 0.5) is 0 Å². The van der Waals surface area contributed by atoms with Gasteiger partial charge in [0.1, 0.15) is 5.78 Å². The van der Waals surface area contributed by atoms with E-state index in [-0.39, 0.29) is 0 Å². The molecule has 1 atom stereocenters. The lowest BCUT2D eigenvalue weighted by Gasteiger charge is -2.37. The van der Waals surface area contributed by atoms with Gasteiger partial charge in [0.15, 0.2) is 0 Å². The second-order valence-electron chi connectivity index (χ2n) is 5.13. The van der Waals surface area contributed by atoms with Crippen LogP contribution in [-0.4, -0.2) is 54.3 Å². The maximum atomic E-state index is 11.2. The molecule has 1 unspecified atom stereocenters. The van der Waals surface area contributed by atoms with Crippen LogP contribution >= 0.6 is 0 Å². The van der Waals surface area contributed by atoms with E-state index in [4.69, 9.17) is 0 Å². The minimum atomic E-state index is 0.406. The molecule has 0 aromatic rings. The topological polar surface area (TPSA) is 23.6 Å². The maximum Gasteiger partial charge on any atom is 0.132 e. The number of carbonyl (C=O) groups excluding carboxylic acids is 1. The van der Waals surface area contributed by atoms with Gasteiger partial charge in [0.05, 0.1) is 0 Å². The fourth-order valence-corrected chi connectivity index (χ4v) is 2.36. The van der Waals surface area contributed by atoms with Crippen LogP contribution in [0.15, 0.2) is 0 Å². The van der Waals surface area contributed by atoms with E-state index in [1.165, 1.54) is 32.6 Å². The maximum absolute atomic E-state index is 11.2. The molecule has 1 saturated heterocycles. The molecule has 100 valence electrons. The summed E-state index contributed by atoms with van der Waals surface area (Å²) in [6.45, 7) is 12.3. The minimum Gasteiger partial charge on any atom is -0.301 e. The summed E-state index contributed by atoms with van der Waals surface area (Å²) in [4.78, 5) is 16.3. The number of hydrogen-bond donors (Lipinski definition) is 0. The minimum absolute atomic E-state index is 0.406. The van der Waals surface area contributed by atoms with E-state index >= 15 is 0 Å². The SMILES string of the molecule is CCC(=O)CCCN1CCN(C(C)CC)CC1. The van der Waals surface area contributed by atoms with E-state index in [1.54, 1.807) is 0 Å². The first-order valence-electron chi connectivity index (χ1n) is 7.15. The van der Waals surface area contributed by atoms with Gasteiger partial charge in [-0.1, -0.05) is 13.8 Å². The molecule has 0 N–H and O–H groups in total. The lowest BCUT2D eigenvalue weighted by Crippen LogP contribution is -2.49. The van der Waals surface area contributed by atoms with Crippen LogP contribution in [0.3, 0.4) is 0 Å². The first-order valence-corrected chi connectivity index (χ1v) is 7.15. The van der Waals surface area contributed by atoms with Gasteiger partial charge in [0.2, 0.25) is 0 Å². The average Bonchev–Trinajstić information content (AvgIpc) is 2.38. The number of hydrogen-bond acceptors (Lipinski definition) is 3. The first-order chi connectivity index (χ1) is 8.17. The summed E-state index contributed by atoms with van der Waals surface area (Å²) in [6, 6.07) is 0.721. The highest BCUT2D eigenvalue weighted by molar-refractivity contribution is 5.77. The van der Waals surface area contributed by atoms with Crippen LogP contribution in [0.25, 0.3) is 0 Å². The molecular formula is C14H28N2O. The highest BCUT2D eigenvalue weighted by Gasteiger charge is 2.19. The van der Waals surface area contributed by atoms with E-state index < -0.39 is 0 Å². The summed E-state index contributed by atoms with van der Waals surface area (Å²) >= 11 is 0. The van der Waals surface area contributed by atoms with Crippen LogP contribution in [0.1, 0.15) is 46.5 Å². The van der Waals surface area contributed by atoms with Crippen molar-refractivity contribution < 1.29 is 4.79 Å². The molecule has 0 amide bonds. The van der Waals surface area contributed by atoms with Crippen molar-refractivity contribution in [3.63, 3.8) is 0 Å². The van der Waals surface area contributed by atoms with Crippen LogP contribution in [0.5, 0.6) is 0 Å². The molecule has 0 aliphatic carbocycles. The van der Waals surface area contributed by atoms with Gasteiger partial charge in [-0.15, -0.1) is 0 Å². The molecule has 1 aliphatic heterocycles. The number of carbonyl (C=O) groups is 1. The van der Waals surface area contributed by atoms with Crippen molar-refractivity contribution >= 4 is 5.78 Å². The van der Waals surface area contributed by atoms with Gasteiger partial charge in [-0.05, 0) is 26.3 Å². The van der Waals surface area contributed by atoms with E-state index in [9.17, 15) is 4.79 Å². The number of nitrogens with zero attached hydrogens (tertiary/aromatic N) is 2. The van der Waals surface area contributed by atoms with E-state index in [0.29, 0.717) is 12.2 Å². The Morgan fingerprint density at radius 1 is 1.18 bits per heavy atom. The number of piperazine rings is 1. The third kappa shape index (κ3) is 5.17. The van der Waals surface area contributed by atoms with Crippen molar-refractivity contribution in [2.24, 2.45) is 0 Å². The van der Waals surface area contributed by atoms with Crippen molar-refractivity contribution in [3.05, 3.63) is 0 Å². The van der Waals surface area contributed by atoms with E-state index in [2.05, 4.69) is 23.6 Å². The van der Waals surface area contributed by atoms with Crippen molar-refractivity contribution in [2.45, 2.75) is 52.5 Å². The summed E-state index contributed by atoms with van der Waals surface area (Å²) in [5, 5.41) is 0. The van der Waals surface area contributed by atoms with Gasteiger partial charge in [-0.3, -0.25) is 9.69 Å². The van der Waals surface area contributed by atoms with Crippen LogP contribution < -0.4 is 0 Å². The molecular weight excluding hydrogens is 212 g/mol. The Labute approximate surface area is 106 Å². The fraction of sp³-hybridized carbons (Fsp3) is 0.929. The second-order valence-corrected chi connectivity index (χ2v) is 5.13. The highest BCUT2D eigenvalue weighted by atomic mass is 16.1. The smallest absolute Gasteiger partial charge is 0.132 e. The molecule has 0 aromatic heterocycles. The third-order valence-electron chi connectivity index (χ3n) is 3.95. The Hall–Kier alpha value is -0.410. The summed E-state index contributed by atoms with van der Waals surface area (Å²) in [5.74, 6) is 0.406. The molecule has 17 heavy (non-hydrogen) atoms. The summed E-state index contributed by atoms with van der Waals surface area (Å²) in [6.07, 6.45) is 3.74. The normalized spacial score (nSPS) is 20.4. The standard InChI is InChI=1S/C14H28N2O/c1-4-13(3)16-11-9-15(10-12-16)8-6-7-14(17)5-2/h13H,4-12H2,1-3H3. The summed E-state index contributed by atoms with van der Waals surface area (Å²) < 4.78 is 0. The van der Waals surface area contributed by atoms with Gasteiger partial charge in [0.25, 0.3) is 0 Å². The molecule has 0 spiro atoms. The van der Waals surface area contributed by atoms with Crippen molar-refractivity contribution in [1.82, 2.24) is 9.80 Å². The largest absolute Gasteiger partial charge is 0.301 e. The third-order valence-corrected chi connectivity index (χ3v) is 3.95. The Morgan fingerprint density at radius 3 is 2.35 bits per heavy atom. The molecule has 0 aromatic carbocycles. The molecule has 1 heterocycles. The second kappa shape index (κ2) is 7.83. The average molecular weight is 240 g/mol. The number of ketones is 1. The van der Waals surface area contributed by atoms with Crippen molar-refractivity contribution in [1.29, 1.82) is 0 Å². The fourth-order valence-electron chi connectivity index (χ4n) is 2.36. The zero-order chi connectivity index (χ0) is 12.7. The molecule has 3 nitrogen and oxygen atoms in total. The van der Waals surface area contributed by atoms with Gasteiger partial charge in [0, 0.05) is 45.1 Å². The quantitative estimate of drug-likeness (QED) is 0.681. The molecule has 0 radical (unpaired) electrons. The molecule has 1 rings (SSSR count). The van der Waals surface area contributed by atoms with Gasteiger partial charge in [-0.2, -0.15) is 0 Å².